The Morgan fingerprint density at radius 1 is 1.03 bits per heavy atom. The number of benzene rings is 1. The van der Waals surface area contributed by atoms with Crippen molar-refractivity contribution in [3.63, 3.8) is 0 Å². The van der Waals surface area contributed by atoms with E-state index in [9.17, 15) is 14.4 Å². The third-order valence-corrected chi connectivity index (χ3v) is 7.80. The Hall–Kier alpha value is -3.32. The lowest BCUT2D eigenvalue weighted by Gasteiger charge is -2.37. The summed E-state index contributed by atoms with van der Waals surface area (Å²) in [5, 5.41) is 1.93. The second kappa shape index (κ2) is 9.50. The van der Waals surface area contributed by atoms with E-state index >= 15 is 0 Å². The molecule has 0 aliphatic carbocycles. The molecule has 174 valence electrons. The molecule has 0 spiro atoms. The number of imide groups is 1. The van der Waals surface area contributed by atoms with Crippen LogP contribution in [0.2, 0.25) is 0 Å². The average molecular weight is 474 g/mol. The Bertz CT molecular complexity index is 1170. The molecule has 4 heterocycles. The Morgan fingerprint density at radius 3 is 2.59 bits per heavy atom. The molecule has 0 saturated carbocycles. The number of likely N-dealkylation sites (tertiary alicyclic amines) is 2. The molecule has 1 aromatic carbocycles. The molecule has 0 bridgehead atoms. The summed E-state index contributed by atoms with van der Waals surface area (Å²) >= 11 is 1.52. The number of carbonyl (C=O) groups excluding carboxylic acids is 3. The van der Waals surface area contributed by atoms with E-state index in [0.717, 1.165) is 35.4 Å². The summed E-state index contributed by atoms with van der Waals surface area (Å²) < 4.78 is 0. The van der Waals surface area contributed by atoms with Gasteiger partial charge >= 0.3 is 0 Å². The van der Waals surface area contributed by atoms with E-state index in [1.165, 1.54) is 16.2 Å². The quantitative estimate of drug-likeness (QED) is 0.495. The van der Waals surface area contributed by atoms with Crippen molar-refractivity contribution in [2.45, 2.75) is 50.1 Å². The predicted molar refractivity (Wildman–Crippen MR) is 130 cm³/mol. The number of hydrogen-bond donors (Lipinski definition) is 0. The van der Waals surface area contributed by atoms with Crippen LogP contribution in [0.5, 0.6) is 0 Å². The van der Waals surface area contributed by atoms with Crippen LogP contribution in [0.3, 0.4) is 0 Å². The number of thiophene rings is 1. The topological polar surface area (TPSA) is 70.6 Å². The first-order valence-electron chi connectivity index (χ1n) is 11.7. The molecule has 3 aromatic rings. The molecule has 2 saturated heterocycles. The molecular formula is C27H27N3O3S. The van der Waals surface area contributed by atoms with Gasteiger partial charge < -0.3 is 4.90 Å². The Kier molecular flexibility index (Phi) is 6.28. The zero-order chi connectivity index (χ0) is 23.5. The van der Waals surface area contributed by atoms with Crippen molar-refractivity contribution in [1.29, 1.82) is 0 Å². The zero-order valence-electron chi connectivity index (χ0n) is 18.9. The lowest BCUT2D eigenvalue weighted by Crippen LogP contribution is -2.45. The molecule has 2 fully saturated rings. The number of hydrogen-bond acceptors (Lipinski definition) is 5. The van der Waals surface area contributed by atoms with Gasteiger partial charge in [-0.25, -0.2) is 0 Å². The summed E-state index contributed by atoms with van der Waals surface area (Å²) in [6.45, 7) is 0.879. The number of piperidine rings is 1. The van der Waals surface area contributed by atoms with E-state index in [1.54, 1.807) is 6.20 Å². The lowest BCUT2D eigenvalue weighted by molar-refractivity contribution is -0.144. The molecule has 7 heteroatoms. The Balaban J connectivity index is 1.47. The van der Waals surface area contributed by atoms with E-state index in [1.807, 2.05) is 70.9 Å². The second-order valence-corrected chi connectivity index (χ2v) is 10.1. The highest BCUT2D eigenvalue weighted by Gasteiger charge is 2.54. The summed E-state index contributed by atoms with van der Waals surface area (Å²) in [4.78, 5) is 49.4. The van der Waals surface area contributed by atoms with E-state index < -0.39 is 5.41 Å². The van der Waals surface area contributed by atoms with Gasteiger partial charge in [-0.05, 0) is 48.4 Å². The minimum Gasteiger partial charge on any atom is -0.334 e. The molecule has 2 atom stereocenters. The molecular weight excluding hydrogens is 446 g/mol. The average Bonchev–Trinajstić information content (AvgIpc) is 3.48. The molecule has 2 aliphatic rings. The smallest absolute Gasteiger partial charge is 0.241 e. The highest BCUT2D eigenvalue weighted by Crippen LogP contribution is 2.42. The van der Waals surface area contributed by atoms with Crippen LogP contribution in [-0.4, -0.2) is 39.1 Å². The predicted octanol–water partition coefficient (Wildman–Crippen LogP) is 4.48. The molecule has 0 unspecified atom stereocenters. The zero-order valence-corrected chi connectivity index (χ0v) is 19.7. The van der Waals surface area contributed by atoms with Crippen molar-refractivity contribution in [3.05, 3.63) is 88.4 Å². The van der Waals surface area contributed by atoms with Gasteiger partial charge in [-0.3, -0.25) is 24.3 Å². The van der Waals surface area contributed by atoms with Crippen LogP contribution in [0.1, 0.15) is 54.3 Å². The first-order chi connectivity index (χ1) is 16.6. The lowest BCUT2D eigenvalue weighted by atomic mass is 9.75. The van der Waals surface area contributed by atoms with E-state index in [0.29, 0.717) is 6.54 Å². The highest BCUT2D eigenvalue weighted by atomic mass is 32.1. The van der Waals surface area contributed by atoms with Gasteiger partial charge in [-0.15, -0.1) is 11.3 Å². The highest BCUT2D eigenvalue weighted by molar-refractivity contribution is 7.09. The molecule has 0 radical (unpaired) electrons. The van der Waals surface area contributed by atoms with Crippen LogP contribution < -0.4 is 0 Å². The number of amides is 3. The molecule has 5 rings (SSSR count). The van der Waals surface area contributed by atoms with Gasteiger partial charge in [-0.2, -0.15) is 0 Å². The standard InChI is InChI=1S/C27H27N3O3S/c31-24(29-15-7-5-13-23(29)22-12-4-6-14-28-22)17-27(20-9-2-1-3-10-20)18-25(32)30(26(27)33)19-21-11-8-16-34-21/h1-4,6,8-12,14,16,23H,5,7,13,15,17-19H2/t23-,27+/m1/s1. The maximum absolute atomic E-state index is 13.9. The number of nitrogens with zero attached hydrogens (tertiary/aromatic N) is 3. The van der Waals surface area contributed by atoms with Crippen molar-refractivity contribution >= 4 is 29.1 Å². The molecule has 3 amide bonds. The van der Waals surface area contributed by atoms with Crippen LogP contribution in [0.25, 0.3) is 0 Å². The van der Waals surface area contributed by atoms with Gasteiger partial charge in [0.2, 0.25) is 17.7 Å². The van der Waals surface area contributed by atoms with Crippen molar-refractivity contribution in [2.75, 3.05) is 6.54 Å². The van der Waals surface area contributed by atoms with Gasteiger partial charge in [0.15, 0.2) is 0 Å². The molecule has 2 aliphatic heterocycles. The van der Waals surface area contributed by atoms with Crippen molar-refractivity contribution in [2.24, 2.45) is 0 Å². The van der Waals surface area contributed by atoms with Crippen molar-refractivity contribution in [3.8, 4) is 0 Å². The van der Waals surface area contributed by atoms with Gasteiger partial charge in [0.25, 0.3) is 0 Å². The van der Waals surface area contributed by atoms with E-state index in [4.69, 9.17) is 0 Å². The number of aromatic nitrogens is 1. The minimum absolute atomic E-state index is 0.00898. The van der Waals surface area contributed by atoms with Crippen LogP contribution in [0, 0.1) is 0 Å². The molecule has 0 N–H and O–H groups in total. The molecule has 34 heavy (non-hydrogen) atoms. The summed E-state index contributed by atoms with van der Waals surface area (Å²) in [7, 11) is 0. The summed E-state index contributed by atoms with van der Waals surface area (Å²) in [6.07, 6.45) is 4.53. The molecule has 6 nitrogen and oxygen atoms in total. The maximum atomic E-state index is 13.9. The fourth-order valence-corrected chi connectivity index (χ4v) is 5.91. The van der Waals surface area contributed by atoms with Crippen molar-refractivity contribution in [1.82, 2.24) is 14.8 Å². The first-order valence-corrected chi connectivity index (χ1v) is 12.6. The number of rotatable bonds is 6. The van der Waals surface area contributed by atoms with E-state index in [-0.39, 0.29) is 43.1 Å². The van der Waals surface area contributed by atoms with E-state index in [2.05, 4.69) is 4.98 Å². The van der Waals surface area contributed by atoms with Gasteiger partial charge in [0, 0.05) is 30.5 Å². The maximum Gasteiger partial charge on any atom is 0.241 e. The normalized spacial score (nSPS) is 22.9. The first kappa shape index (κ1) is 22.5. The second-order valence-electron chi connectivity index (χ2n) is 9.02. The van der Waals surface area contributed by atoms with Crippen LogP contribution >= 0.6 is 11.3 Å². The van der Waals surface area contributed by atoms with Crippen LogP contribution in [0.15, 0.2) is 72.2 Å². The fourth-order valence-electron chi connectivity index (χ4n) is 5.21. The number of pyridine rings is 1. The molecule has 2 aromatic heterocycles. The monoisotopic (exact) mass is 473 g/mol. The SMILES string of the molecule is O=C1C[C@@](CC(=O)N2CCCC[C@@H]2c2ccccn2)(c2ccccc2)C(=O)N1Cc1cccs1. The minimum atomic E-state index is -1.18. The summed E-state index contributed by atoms with van der Waals surface area (Å²) in [6, 6.07) is 18.8. The fraction of sp³-hybridized carbons (Fsp3) is 0.333. The largest absolute Gasteiger partial charge is 0.334 e. The van der Waals surface area contributed by atoms with Gasteiger partial charge in [0.05, 0.1) is 23.7 Å². The third kappa shape index (κ3) is 4.16. The Labute approximate surface area is 203 Å². The summed E-state index contributed by atoms with van der Waals surface area (Å²) in [5.74, 6) is -0.606. The Morgan fingerprint density at radius 2 is 1.85 bits per heavy atom. The summed E-state index contributed by atoms with van der Waals surface area (Å²) in [5.41, 5.74) is 0.415. The third-order valence-electron chi connectivity index (χ3n) is 6.93. The van der Waals surface area contributed by atoms with Gasteiger partial charge in [0.1, 0.15) is 0 Å². The van der Waals surface area contributed by atoms with Gasteiger partial charge in [-0.1, -0.05) is 42.5 Å². The van der Waals surface area contributed by atoms with Crippen molar-refractivity contribution < 1.29 is 14.4 Å². The van der Waals surface area contributed by atoms with Crippen LogP contribution in [-0.2, 0) is 26.3 Å². The van der Waals surface area contributed by atoms with Crippen LogP contribution in [0.4, 0.5) is 0 Å². The number of carbonyl (C=O) groups is 3.